The van der Waals surface area contributed by atoms with Crippen molar-refractivity contribution < 1.29 is 9.90 Å². The summed E-state index contributed by atoms with van der Waals surface area (Å²) in [5.74, 6) is -0.307. The van der Waals surface area contributed by atoms with E-state index in [4.69, 9.17) is 5.11 Å². The quantitative estimate of drug-likeness (QED) is 0.683. The van der Waals surface area contributed by atoms with Crippen molar-refractivity contribution in [2.45, 2.75) is 19.3 Å². The maximum absolute atomic E-state index is 10.6. The molecular formula is C10H15N3O2. The maximum atomic E-state index is 10.6. The van der Waals surface area contributed by atoms with Crippen molar-refractivity contribution in [2.24, 2.45) is 5.92 Å². The van der Waals surface area contributed by atoms with E-state index >= 15 is 0 Å². The van der Waals surface area contributed by atoms with Crippen LogP contribution in [0.3, 0.4) is 0 Å². The number of imidazole rings is 1. The third-order valence-corrected chi connectivity index (χ3v) is 2.80. The normalized spacial score (nSPS) is 17.9. The van der Waals surface area contributed by atoms with Crippen LogP contribution < -0.4 is 5.32 Å². The number of carboxylic acid groups (broad SMARTS) is 1. The van der Waals surface area contributed by atoms with E-state index in [9.17, 15) is 4.79 Å². The highest BCUT2D eigenvalue weighted by molar-refractivity contribution is 5.83. The summed E-state index contributed by atoms with van der Waals surface area (Å²) in [6, 6.07) is 0. The Bertz CT molecular complexity index is 342. The van der Waals surface area contributed by atoms with Crippen LogP contribution in [0.2, 0.25) is 0 Å². The third kappa shape index (κ3) is 2.56. The zero-order valence-corrected chi connectivity index (χ0v) is 8.49. The minimum atomic E-state index is -0.994. The van der Waals surface area contributed by atoms with E-state index in [1.807, 2.05) is 0 Å². The molecular weight excluding hydrogens is 194 g/mol. The molecule has 0 saturated carbocycles. The minimum Gasteiger partial charge on any atom is -0.475 e. The SMILES string of the molecule is O=C(O)c1ncc(CC2CCNCC2)[nH]1. The first-order valence-corrected chi connectivity index (χ1v) is 5.23. The fourth-order valence-corrected chi connectivity index (χ4v) is 1.97. The number of carboxylic acids is 1. The number of H-pyrrole nitrogens is 1. The van der Waals surface area contributed by atoms with Gasteiger partial charge in [-0.3, -0.25) is 0 Å². The van der Waals surface area contributed by atoms with E-state index in [0.29, 0.717) is 5.92 Å². The largest absolute Gasteiger partial charge is 0.475 e. The second-order valence-electron chi connectivity index (χ2n) is 3.96. The number of aromatic carboxylic acids is 1. The lowest BCUT2D eigenvalue weighted by Gasteiger charge is -2.21. The molecule has 0 atom stereocenters. The van der Waals surface area contributed by atoms with Crippen LogP contribution in [0.1, 0.15) is 29.2 Å². The first-order valence-electron chi connectivity index (χ1n) is 5.23. The van der Waals surface area contributed by atoms with Crippen molar-refractivity contribution >= 4 is 5.97 Å². The van der Waals surface area contributed by atoms with E-state index in [2.05, 4.69) is 15.3 Å². The average Bonchev–Trinajstić information content (AvgIpc) is 2.68. The van der Waals surface area contributed by atoms with Gasteiger partial charge in [-0.1, -0.05) is 0 Å². The molecule has 0 aliphatic carbocycles. The van der Waals surface area contributed by atoms with Crippen molar-refractivity contribution in [1.82, 2.24) is 15.3 Å². The number of aromatic amines is 1. The van der Waals surface area contributed by atoms with Crippen LogP contribution in [0.4, 0.5) is 0 Å². The fourth-order valence-electron chi connectivity index (χ4n) is 1.97. The molecule has 0 bridgehead atoms. The van der Waals surface area contributed by atoms with Crippen molar-refractivity contribution in [3.05, 3.63) is 17.7 Å². The lowest BCUT2D eigenvalue weighted by Crippen LogP contribution is -2.28. The molecule has 3 N–H and O–H groups in total. The predicted molar refractivity (Wildman–Crippen MR) is 54.8 cm³/mol. The van der Waals surface area contributed by atoms with Crippen molar-refractivity contribution in [3.8, 4) is 0 Å². The number of hydrogen-bond acceptors (Lipinski definition) is 3. The molecule has 0 radical (unpaired) electrons. The molecule has 0 amide bonds. The van der Waals surface area contributed by atoms with Gasteiger partial charge in [0.05, 0.1) is 0 Å². The van der Waals surface area contributed by atoms with Gasteiger partial charge in [-0.25, -0.2) is 9.78 Å². The first kappa shape index (κ1) is 10.2. The Kier molecular flexibility index (Phi) is 3.01. The van der Waals surface area contributed by atoms with Crippen LogP contribution >= 0.6 is 0 Å². The van der Waals surface area contributed by atoms with Crippen LogP contribution in [0.5, 0.6) is 0 Å². The standard InChI is InChI=1S/C10H15N3O2/c14-10(15)9-12-6-8(13-9)5-7-1-3-11-4-2-7/h6-7,11H,1-5H2,(H,12,13)(H,14,15). The molecule has 1 saturated heterocycles. The lowest BCUT2D eigenvalue weighted by atomic mass is 9.93. The number of nitrogens with zero attached hydrogens (tertiary/aromatic N) is 1. The number of hydrogen-bond donors (Lipinski definition) is 3. The molecule has 2 heterocycles. The molecule has 1 aliphatic rings. The minimum absolute atomic E-state index is 0.0407. The van der Waals surface area contributed by atoms with Gasteiger partial charge in [0, 0.05) is 11.9 Å². The second kappa shape index (κ2) is 4.44. The molecule has 1 fully saturated rings. The van der Waals surface area contributed by atoms with Crippen molar-refractivity contribution in [1.29, 1.82) is 0 Å². The van der Waals surface area contributed by atoms with Gasteiger partial charge in [0.15, 0.2) is 0 Å². The Morgan fingerprint density at radius 2 is 2.27 bits per heavy atom. The Morgan fingerprint density at radius 3 is 2.87 bits per heavy atom. The first-order chi connectivity index (χ1) is 7.25. The average molecular weight is 209 g/mol. The zero-order valence-electron chi connectivity index (χ0n) is 8.49. The highest BCUT2D eigenvalue weighted by Crippen LogP contribution is 2.16. The van der Waals surface area contributed by atoms with Gasteiger partial charge >= 0.3 is 5.97 Å². The van der Waals surface area contributed by atoms with E-state index < -0.39 is 5.97 Å². The van der Waals surface area contributed by atoms with Crippen LogP contribution in [0.25, 0.3) is 0 Å². The Labute approximate surface area is 87.9 Å². The highest BCUT2D eigenvalue weighted by atomic mass is 16.4. The van der Waals surface area contributed by atoms with Crippen LogP contribution in [-0.2, 0) is 6.42 Å². The molecule has 5 nitrogen and oxygen atoms in total. The maximum Gasteiger partial charge on any atom is 0.371 e. The number of carbonyl (C=O) groups is 1. The number of nitrogens with one attached hydrogen (secondary N) is 2. The number of piperidine rings is 1. The summed E-state index contributed by atoms with van der Waals surface area (Å²) in [4.78, 5) is 17.2. The van der Waals surface area contributed by atoms with Gasteiger partial charge in [0.25, 0.3) is 0 Å². The topological polar surface area (TPSA) is 78.0 Å². The van der Waals surface area contributed by atoms with E-state index in [0.717, 1.165) is 38.0 Å². The molecule has 1 aliphatic heterocycles. The Hall–Kier alpha value is -1.36. The highest BCUT2D eigenvalue weighted by Gasteiger charge is 2.15. The summed E-state index contributed by atoms with van der Waals surface area (Å²) in [6.07, 6.45) is 4.84. The van der Waals surface area contributed by atoms with Crippen LogP contribution in [0.15, 0.2) is 6.20 Å². The second-order valence-corrected chi connectivity index (χ2v) is 3.96. The van der Waals surface area contributed by atoms with Crippen molar-refractivity contribution in [2.75, 3.05) is 13.1 Å². The van der Waals surface area contributed by atoms with Gasteiger partial charge in [-0.15, -0.1) is 0 Å². The zero-order chi connectivity index (χ0) is 10.7. The molecule has 1 aromatic rings. The summed E-state index contributed by atoms with van der Waals surface area (Å²) in [6.45, 7) is 2.12. The van der Waals surface area contributed by atoms with Gasteiger partial charge in [-0.2, -0.15) is 0 Å². The molecule has 2 rings (SSSR count). The number of aromatic nitrogens is 2. The molecule has 5 heteroatoms. The van der Waals surface area contributed by atoms with Gasteiger partial charge in [0.2, 0.25) is 5.82 Å². The molecule has 1 aromatic heterocycles. The lowest BCUT2D eigenvalue weighted by molar-refractivity contribution is 0.0684. The summed E-state index contributed by atoms with van der Waals surface area (Å²) < 4.78 is 0. The van der Waals surface area contributed by atoms with Gasteiger partial charge in [-0.05, 0) is 38.3 Å². The van der Waals surface area contributed by atoms with E-state index in [1.54, 1.807) is 6.20 Å². The van der Waals surface area contributed by atoms with Gasteiger partial charge in [0.1, 0.15) is 0 Å². The fraction of sp³-hybridized carbons (Fsp3) is 0.600. The van der Waals surface area contributed by atoms with E-state index in [-0.39, 0.29) is 5.82 Å². The summed E-state index contributed by atoms with van der Waals surface area (Å²) in [5, 5.41) is 12.0. The molecule has 82 valence electrons. The van der Waals surface area contributed by atoms with E-state index in [1.165, 1.54) is 0 Å². The molecule has 0 aromatic carbocycles. The van der Waals surface area contributed by atoms with Crippen molar-refractivity contribution in [3.63, 3.8) is 0 Å². The summed E-state index contributed by atoms with van der Waals surface area (Å²) >= 11 is 0. The van der Waals surface area contributed by atoms with Crippen LogP contribution in [0, 0.1) is 5.92 Å². The number of rotatable bonds is 3. The predicted octanol–water partition coefficient (Wildman–Crippen LogP) is 0.650. The monoisotopic (exact) mass is 209 g/mol. The Morgan fingerprint density at radius 1 is 1.53 bits per heavy atom. The van der Waals surface area contributed by atoms with Crippen LogP contribution in [-0.4, -0.2) is 34.1 Å². The summed E-state index contributed by atoms with van der Waals surface area (Å²) in [5.41, 5.74) is 0.930. The molecule has 15 heavy (non-hydrogen) atoms. The summed E-state index contributed by atoms with van der Waals surface area (Å²) in [7, 11) is 0. The molecule has 0 unspecified atom stereocenters. The third-order valence-electron chi connectivity index (χ3n) is 2.80. The molecule has 0 spiro atoms. The van der Waals surface area contributed by atoms with Gasteiger partial charge < -0.3 is 15.4 Å². The smallest absolute Gasteiger partial charge is 0.371 e. The Balaban J connectivity index is 1.94.